The van der Waals surface area contributed by atoms with Crippen molar-refractivity contribution in [2.75, 3.05) is 7.11 Å². The molecule has 0 unspecified atom stereocenters. The summed E-state index contributed by atoms with van der Waals surface area (Å²) in [6.07, 6.45) is 1.58. The molecule has 0 spiro atoms. The molecule has 1 aromatic heterocycles. The maximum Gasteiger partial charge on any atom is 0.272 e. The van der Waals surface area contributed by atoms with Gasteiger partial charge in [0.1, 0.15) is 5.75 Å². The zero-order valence-corrected chi connectivity index (χ0v) is 13.5. The molecular weight excluding hydrogens is 302 g/mol. The minimum atomic E-state index is -0.268. The topological polar surface area (TPSA) is 63.6 Å². The molecule has 3 aromatic rings. The molecule has 120 valence electrons. The van der Waals surface area contributed by atoms with Crippen LogP contribution in [0.4, 0.5) is 0 Å². The van der Waals surface area contributed by atoms with E-state index in [1.54, 1.807) is 19.4 Å². The average molecular weight is 319 g/mol. The van der Waals surface area contributed by atoms with Crippen LogP contribution in [0.3, 0.4) is 0 Å². The SMILES string of the molecule is COc1cccc(C=NNC(=O)c2cc(C)nc3ccccc23)c1. The fourth-order valence-electron chi connectivity index (χ4n) is 2.44. The lowest BCUT2D eigenvalue weighted by molar-refractivity contribution is 0.0956. The van der Waals surface area contributed by atoms with Crippen LogP contribution in [0, 0.1) is 6.92 Å². The van der Waals surface area contributed by atoms with Gasteiger partial charge in [-0.05, 0) is 36.8 Å². The van der Waals surface area contributed by atoms with Crippen LogP contribution in [-0.2, 0) is 0 Å². The van der Waals surface area contributed by atoms with E-state index in [0.717, 1.165) is 27.9 Å². The van der Waals surface area contributed by atoms with E-state index in [9.17, 15) is 4.79 Å². The van der Waals surface area contributed by atoms with Crippen molar-refractivity contribution >= 4 is 23.0 Å². The Morgan fingerprint density at radius 1 is 1.17 bits per heavy atom. The number of methoxy groups -OCH3 is 1. The molecule has 0 atom stereocenters. The highest BCUT2D eigenvalue weighted by Crippen LogP contribution is 2.18. The van der Waals surface area contributed by atoms with Crippen LogP contribution in [0.1, 0.15) is 21.6 Å². The molecule has 1 N–H and O–H groups in total. The lowest BCUT2D eigenvalue weighted by Crippen LogP contribution is -2.18. The van der Waals surface area contributed by atoms with Gasteiger partial charge in [-0.3, -0.25) is 9.78 Å². The number of amides is 1. The highest BCUT2D eigenvalue weighted by Gasteiger charge is 2.10. The minimum Gasteiger partial charge on any atom is -0.497 e. The van der Waals surface area contributed by atoms with Crippen molar-refractivity contribution in [1.29, 1.82) is 0 Å². The Balaban J connectivity index is 1.81. The molecule has 0 aliphatic carbocycles. The lowest BCUT2D eigenvalue weighted by Gasteiger charge is -2.06. The minimum absolute atomic E-state index is 0.268. The van der Waals surface area contributed by atoms with Crippen molar-refractivity contribution in [3.8, 4) is 5.75 Å². The van der Waals surface area contributed by atoms with Crippen molar-refractivity contribution in [3.63, 3.8) is 0 Å². The molecular formula is C19H17N3O2. The number of fused-ring (bicyclic) bond motifs is 1. The average Bonchev–Trinajstić information content (AvgIpc) is 2.61. The number of hydrogen-bond donors (Lipinski definition) is 1. The number of nitrogens with zero attached hydrogens (tertiary/aromatic N) is 2. The molecule has 2 aromatic carbocycles. The predicted octanol–water partition coefficient (Wildman–Crippen LogP) is 3.32. The first-order valence-corrected chi connectivity index (χ1v) is 7.51. The van der Waals surface area contributed by atoms with Crippen molar-refractivity contribution < 1.29 is 9.53 Å². The van der Waals surface area contributed by atoms with Crippen molar-refractivity contribution in [2.45, 2.75) is 6.92 Å². The number of para-hydroxylation sites is 1. The lowest BCUT2D eigenvalue weighted by atomic mass is 10.1. The zero-order valence-electron chi connectivity index (χ0n) is 13.5. The largest absolute Gasteiger partial charge is 0.497 e. The van der Waals surface area contributed by atoms with Crippen LogP contribution < -0.4 is 10.2 Å². The maximum atomic E-state index is 12.4. The predicted molar refractivity (Wildman–Crippen MR) is 94.5 cm³/mol. The van der Waals surface area contributed by atoms with Gasteiger partial charge < -0.3 is 4.74 Å². The van der Waals surface area contributed by atoms with Gasteiger partial charge in [0.05, 0.1) is 24.4 Å². The third-order valence-corrected chi connectivity index (χ3v) is 3.56. The van der Waals surface area contributed by atoms with Crippen LogP contribution in [0.5, 0.6) is 5.75 Å². The second kappa shape index (κ2) is 6.91. The third-order valence-electron chi connectivity index (χ3n) is 3.56. The Morgan fingerprint density at radius 3 is 2.83 bits per heavy atom. The number of aryl methyl sites for hydroxylation is 1. The first-order chi connectivity index (χ1) is 11.7. The first kappa shape index (κ1) is 15.7. The number of pyridine rings is 1. The molecule has 0 saturated heterocycles. The summed E-state index contributed by atoms with van der Waals surface area (Å²) in [4.78, 5) is 16.9. The molecule has 0 aliphatic rings. The summed E-state index contributed by atoms with van der Waals surface area (Å²) >= 11 is 0. The van der Waals surface area contributed by atoms with E-state index < -0.39 is 0 Å². The van der Waals surface area contributed by atoms with E-state index in [2.05, 4.69) is 15.5 Å². The summed E-state index contributed by atoms with van der Waals surface area (Å²) in [6, 6.07) is 16.7. The van der Waals surface area contributed by atoms with Crippen molar-refractivity contribution in [1.82, 2.24) is 10.4 Å². The third kappa shape index (κ3) is 3.41. The van der Waals surface area contributed by atoms with Crippen LogP contribution >= 0.6 is 0 Å². The summed E-state index contributed by atoms with van der Waals surface area (Å²) in [6.45, 7) is 1.86. The van der Waals surface area contributed by atoms with Gasteiger partial charge in [0.25, 0.3) is 5.91 Å². The Morgan fingerprint density at radius 2 is 2.00 bits per heavy atom. The monoisotopic (exact) mass is 319 g/mol. The number of rotatable bonds is 4. The van der Waals surface area contributed by atoms with E-state index in [1.807, 2.05) is 55.5 Å². The number of hydrazone groups is 1. The molecule has 24 heavy (non-hydrogen) atoms. The second-order valence-corrected chi connectivity index (χ2v) is 5.30. The molecule has 0 aliphatic heterocycles. The number of aromatic nitrogens is 1. The van der Waals surface area contributed by atoms with Gasteiger partial charge in [0, 0.05) is 11.1 Å². The van der Waals surface area contributed by atoms with Gasteiger partial charge in [-0.25, -0.2) is 5.43 Å². The molecule has 3 rings (SSSR count). The summed E-state index contributed by atoms with van der Waals surface area (Å²) < 4.78 is 5.16. The molecule has 1 amide bonds. The van der Waals surface area contributed by atoms with E-state index in [1.165, 1.54) is 0 Å². The van der Waals surface area contributed by atoms with E-state index in [0.29, 0.717) is 5.56 Å². The van der Waals surface area contributed by atoms with Gasteiger partial charge >= 0.3 is 0 Å². The zero-order chi connectivity index (χ0) is 16.9. The van der Waals surface area contributed by atoms with E-state index >= 15 is 0 Å². The number of carbonyl (C=O) groups is 1. The Hall–Kier alpha value is -3.21. The van der Waals surface area contributed by atoms with E-state index in [4.69, 9.17) is 4.74 Å². The molecule has 5 heteroatoms. The quantitative estimate of drug-likeness (QED) is 0.593. The Bertz CT molecular complexity index is 919. The highest BCUT2D eigenvalue weighted by molar-refractivity contribution is 6.06. The summed E-state index contributed by atoms with van der Waals surface area (Å²) in [5.41, 5.74) is 5.54. The number of nitrogens with one attached hydrogen (secondary N) is 1. The van der Waals surface area contributed by atoms with Crippen LogP contribution in [0.15, 0.2) is 59.7 Å². The number of hydrogen-bond acceptors (Lipinski definition) is 4. The maximum absolute atomic E-state index is 12.4. The van der Waals surface area contributed by atoms with Gasteiger partial charge in [0.2, 0.25) is 0 Å². The molecule has 1 heterocycles. The summed E-state index contributed by atoms with van der Waals surface area (Å²) in [7, 11) is 1.61. The first-order valence-electron chi connectivity index (χ1n) is 7.51. The standard InChI is InChI=1S/C19H17N3O2/c1-13-10-17(16-8-3-4-9-18(16)21-13)19(23)22-20-12-14-6-5-7-15(11-14)24-2/h3-12H,1-2H3,(H,22,23). The summed E-state index contributed by atoms with van der Waals surface area (Å²) in [5, 5.41) is 4.83. The van der Waals surface area contributed by atoms with Crippen LogP contribution in [-0.4, -0.2) is 24.2 Å². The molecule has 0 radical (unpaired) electrons. The smallest absolute Gasteiger partial charge is 0.272 e. The summed E-state index contributed by atoms with van der Waals surface area (Å²) in [5.74, 6) is 0.469. The van der Waals surface area contributed by atoms with Gasteiger partial charge in [-0.2, -0.15) is 5.10 Å². The number of benzene rings is 2. The van der Waals surface area contributed by atoms with Crippen molar-refractivity contribution in [2.24, 2.45) is 5.10 Å². The molecule has 0 bridgehead atoms. The van der Waals surface area contributed by atoms with Gasteiger partial charge in [0.15, 0.2) is 0 Å². The Kier molecular flexibility index (Phi) is 4.52. The molecule has 0 saturated carbocycles. The second-order valence-electron chi connectivity index (χ2n) is 5.30. The fourth-order valence-corrected chi connectivity index (χ4v) is 2.44. The highest BCUT2D eigenvalue weighted by atomic mass is 16.5. The molecule has 0 fully saturated rings. The molecule has 5 nitrogen and oxygen atoms in total. The fraction of sp³-hybridized carbons (Fsp3) is 0.105. The Labute approximate surface area is 140 Å². The number of ether oxygens (including phenoxy) is 1. The van der Waals surface area contributed by atoms with Gasteiger partial charge in [-0.1, -0.05) is 30.3 Å². The van der Waals surface area contributed by atoms with Gasteiger partial charge in [-0.15, -0.1) is 0 Å². The normalized spacial score (nSPS) is 10.9. The van der Waals surface area contributed by atoms with E-state index in [-0.39, 0.29) is 5.91 Å². The van der Waals surface area contributed by atoms with Crippen molar-refractivity contribution in [3.05, 3.63) is 71.4 Å². The van der Waals surface area contributed by atoms with Crippen LogP contribution in [0.2, 0.25) is 0 Å². The number of carbonyl (C=O) groups excluding carboxylic acids is 1. The van der Waals surface area contributed by atoms with Crippen LogP contribution in [0.25, 0.3) is 10.9 Å².